The molecule has 0 aliphatic rings. The quantitative estimate of drug-likeness (QED) is 0.453. The van der Waals surface area contributed by atoms with E-state index in [1.807, 2.05) is 19.9 Å². The van der Waals surface area contributed by atoms with Crippen LogP contribution < -0.4 is 16.0 Å². The maximum Gasteiger partial charge on any atom is 0.199 e. The molecule has 0 aliphatic heterocycles. The molecule has 0 radical (unpaired) electrons. The Morgan fingerprint density at radius 1 is 1.30 bits per heavy atom. The van der Waals surface area contributed by atoms with Gasteiger partial charge in [0, 0.05) is 6.04 Å². The maximum absolute atomic E-state index is 7.88. The highest BCUT2D eigenvalue weighted by molar-refractivity contribution is 7.80. The molecule has 0 fully saturated rings. The summed E-state index contributed by atoms with van der Waals surface area (Å²) in [4.78, 5) is 1.63. The molecule has 0 atom stereocenters. The molecule has 0 saturated carbocycles. The molecule has 4 nitrogen and oxygen atoms in total. The summed E-state index contributed by atoms with van der Waals surface area (Å²) in [7, 11) is 0. The van der Waals surface area contributed by atoms with Crippen LogP contribution in [0.5, 0.6) is 0 Å². The second-order valence-corrected chi connectivity index (χ2v) is 5.34. The smallest absolute Gasteiger partial charge is 0.199 e. The highest BCUT2D eigenvalue weighted by atomic mass is 32.1. The molecule has 1 rings (SSSR count). The zero-order chi connectivity index (χ0) is 15.3. The van der Waals surface area contributed by atoms with Crippen LogP contribution in [0.15, 0.2) is 18.2 Å². The first-order valence-electron chi connectivity index (χ1n) is 6.97. The molecule has 0 spiro atoms. The molecule has 20 heavy (non-hydrogen) atoms. The van der Waals surface area contributed by atoms with Crippen LogP contribution in [0.3, 0.4) is 0 Å². The van der Waals surface area contributed by atoms with Crippen molar-refractivity contribution in [2.45, 2.75) is 46.6 Å². The van der Waals surface area contributed by atoms with Crippen LogP contribution >= 0.6 is 12.2 Å². The zero-order valence-corrected chi connectivity index (χ0v) is 13.5. The lowest BCUT2D eigenvalue weighted by Crippen LogP contribution is -2.49. The van der Waals surface area contributed by atoms with Crippen molar-refractivity contribution in [2.75, 3.05) is 4.90 Å². The van der Waals surface area contributed by atoms with Crippen molar-refractivity contribution < 1.29 is 0 Å². The number of hydrogen-bond acceptors (Lipinski definition) is 2. The van der Waals surface area contributed by atoms with E-state index < -0.39 is 0 Å². The van der Waals surface area contributed by atoms with Crippen LogP contribution in [0.1, 0.15) is 38.8 Å². The van der Waals surface area contributed by atoms with Crippen molar-refractivity contribution in [3.05, 3.63) is 29.3 Å². The molecule has 0 aliphatic carbocycles. The molecule has 0 aromatic heterocycles. The van der Waals surface area contributed by atoms with Gasteiger partial charge in [-0.1, -0.05) is 32.0 Å². The van der Waals surface area contributed by atoms with Crippen LogP contribution in [-0.4, -0.2) is 17.1 Å². The minimum atomic E-state index is -0.0567. The van der Waals surface area contributed by atoms with Crippen molar-refractivity contribution in [2.24, 2.45) is 5.73 Å². The van der Waals surface area contributed by atoms with Gasteiger partial charge in [0.15, 0.2) is 11.1 Å². The van der Waals surface area contributed by atoms with Gasteiger partial charge < -0.3 is 11.1 Å². The summed E-state index contributed by atoms with van der Waals surface area (Å²) in [5.41, 5.74) is 9.01. The molecular weight excluding hydrogens is 268 g/mol. The van der Waals surface area contributed by atoms with E-state index in [1.54, 1.807) is 4.90 Å². The molecule has 110 valence electrons. The zero-order valence-electron chi connectivity index (χ0n) is 12.7. The van der Waals surface area contributed by atoms with Crippen molar-refractivity contribution in [3.63, 3.8) is 0 Å². The predicted molar refractivity (Wildman–Crippen MR) is 90.5 cm³/mol. The maximum atomic E-state index is 7.88. The summed E-state index contributed by atoms with van der Waals surface area (Å²) in [5, 5.41) is 11.5. The standard InChI is InChI=1S/C15H24N4S/c1-5-11-8-7-9-12(6-2)13(11)19(14(16)17)15(20)18-10(3)4/h7-10H,5-6H2,1-4H3,(H3,16,17)(H,18,20). The summed E-state index contributed by atoms with van der Waals surface area (Å²) >= 11 is 5.42. The van der Waals surface area contributed by atoms with Crippen molar-refractivity contribution >= 4 is 29.0 Å². The van der Waals surface area contributed by atoms with E-state index in [2.05, 4.69) is 31.3 Å². The topological polar surface area (TPSA) is 65.1 Å². The Morgan fingerprint density at radius 2 is 1.80 bits per heavy atom. The van der Waals surface area contributed by atoms with Gasteiger partial charge in [-0.2, -0.15) is 0 Å². The number of nitrogens with two attached hydrogens (primary N) is 1. The minimum Gasteiger partial charge on any atom is -0.369 e. The second kappa shape index (κ2) is 7.24. The average Bonchev–Trinajstić information content (AvgIpc) is 2.37. The van der Waals surface area contributed by atoms with Gasteiger partial charge in [-0.05, 0) is 50.0 Å². The number of anilines is 1. The Hall–Kier alpha value is -1.62. The van der Waals surface area contributed by atoms with E-state index in [9.17, 15) is 0 Å². The van der Waals surface area contributed by atoms with E-state index in [-0.39, 0.29) is 12.0 Å². The number of nitrogens with one attached hydrogen (secondary N) is 2. The first-order chi connectivity index (χ1) is 9.42. The number of para-hydroxylation sites is 1. The first-order valence-corrected chi connectivity index (χ1v) is 7.38. The number of guanidine groups is 1. The number of nitrogens with zero attached hydrogens (tertiary/aromatic N) is 1. The summed E-state index contributed by atoms with van der Waals surface area (Å²) in [6.45, 7) is 8.21. The Kier molecular flexibility index (Phi) is 5.95. The van der Waals surface area contributed by atoms with Gasteiger partial charge in [0.05, 0.1) is 5.69 Å². The second-order valence-electron chi connectivity index (χ2n) is 4.96. The van der Waals surface area contributed by atoms with Crippen LogP contribution in [0.4, 0.5) is 5.69 Å². The van der Waals surface area contributed by atoms with Crippen LogP contribution in [0.25, 0.3) is 0 Å². The van der Waals surface area contributed by atoms with E-state index in [0.717, 1.165) is 29.7 Å². The molecule has 1 aromatic carbocycles. The molecule has 5 heteroatoms. The van der Waals surface area contributed by atoms with Gasteiger partial charge >= 0.3 is 0 Å². The lowest BCUT2D eigenvalue weighted by molar-refractivity contribution is 0.734. The van der Waals surface area contributed by atoms with E-state index in [0.29, 0.717) is 5.11 Å². The van der Waals surface area contributed by atoms with Gasteiger partial charge in [-0.25, -0.2) is 0 Å². The molecule has 0 bridgehead atoms. The van der Waals surface area contributed by atoms with Crippen LogP contribution in [0, 0.1) is 5.41 Å². The van der Waals surface area contributed by atoms with E-state index >= 15 is 0 Å². The lowest BCUT2D eigenvalue weighted by atomic mass is 10.0. The monoisotopic (exact) mass is 292 g/mol. The largest absolute Gasteiger partial charge is 0.369 e. The van der Waals surface area contributed by atoms with E-state index in [4.69, 9.17) is 23.4 Å². The molecule has 0 unspecified atom stereocenters. The van der Waals surface area contributed by atoms with Gasteiger partial charge in [-0.15, -0.1) is 0 Å². The molecule has 0 saturated heterocycles. The van der Waals surface area contributed by atoms with Crippen molar-refractivity contribution in [1.82, 2.24) is 5.32 Å². The van der Waals surface area contributed by atoms with Gasteiger partial charge in [0.1, 0.15) is 0 Å². The molecule has 0 heterocycles. The fourth-order valence-corrected chi connectivity index (χ4v) is 2.57. The third-order valence-electron chi connectivity index (χ3n) is 3.04. The molecule has 1 aromatic rings. The first kappa shape index (κ1) is 16.4. The van der Waals surface area contributed by atoms with Gasteiger partial charge in [0.2, 0.25) is 0 Å². The van der Waals surface area contributed by atoms with Crippen LogP contribution in [-0.2, 0) is 12.8 Å². The normalized spacial score (nSPS) is 10.4. The van der Waals surface area contributed by atoms with Crippen molar-refractivity contribution in [3.8, 4) is 0 Å². The Balaban J connectivity index is 3.34. The predicted octanol–water partition coefficient (Wildman–Crippen LogP) is 2.79. The molecule has 4 N–H and O–H groups in total. The number of thiocarbonyl (C=S) groups is 1. The lowest BCUT2D eigenvalue weighted by Gasteiger charge is -2.29. The SMILES string of the molecule is CCc1cccc(CC)c1N(C(=N)N)C(=S)NC(C)C. The third kappa shape index (κ3) is 3.70. The molecule has 0 amide bonds. The Bertz CT molecular complexity index is 474. The number of hydrogen-bond donors (Lipinski definition) is 3. The average molecular weight is 292 g/mol. The molecular formula is C15H24N4S. The van der Waals surface area contributed by atoms with Gasteiger partial charge in [0.25, 0.3) is 0 Å². The van der Waals surface area contributed by atoms with Crippen molar-refractivity contribution in [1.29, 1.82) is 5.41 Å². The highest BCUT2D eigenvalue weighted by Crippen LogP contribution is 2.27. The van der Waals surface area contributed by atoms with E-state index in [1.165, 1.54) is 0 Å². The fourth-order valence-electron chi connectivity index (χ4n) is 2.15. The number of aryl methyl sites for hydroxylation is 2. The highest BCUT2D eigenvalue weighted by Gasteiger charge is 2.21. The Labute approximate surface area is 126 Å². The summed E-state index contributed by atoms with van der Waals surface area (Å²) in [5.74, 6) is -0.0567. The fraction of sp³-hybridized carbons (Fsp3) is 0.467. The number of benzene rings is 1. The summed E-state index contributed by atoms with van der Waals surface area (Å²) in [6, 6.07) is 6.35. The Morgan fingerprint density at radius 3 is 2.15 bits per heavy atom. The summed E-state index contributed by atoms with van der Waals surface area (Å²) < 4.78 is 0. The van der Waals surface area contributed by atoms with Gasteiger partial charge in [-0.3, -0.25) is 10.3 Å². The van der Waals surface area contributed by atoms with Crippen LogP contribution in [0.2, 0.25) is 0 Å². The minimum absolute atomic E-state index is 0.0567. The third-order valence-corrected chi connectivity index (χ3v) is 3.35. The summed E-state index contributed by atoms with van der Waals surface area (Å²) in [6.07, 6.45) is 1.74. The number of rotatable bonds is 4.